The number of thioether (sulfide) groups is 1. The van der Waals surface area contributed by atoms with E-state index < -0.39 is 11.6 Å². The fraction of sp³-hybridized carbons (Fsp3) is 0.348. The molecule has 1 saturated heterocycles. The largest absolute Gasteiger partial charge is 0.493 e. The number of nitrogens with zero attached hydrogens (tertiary/aromatic N) is 1. The Morgan fingerprint density at radius 1 is 1.12 bits per heavy atom. The van der Waals surface area contributed by atoms with Gasteiger partial charge in [-0.25, -0.2) is 4.79 Å². The number of carbonyl (C=O) groups excluding carboxylic acids is 3. The highest BCUT2D eigenvalue weighted by atomic mass is 32.2. The van der Waals surface area contributed by atoms with E-state index in [4.69, 9.17) is 9.47 Å². The van der Waals surface area contributed by atoms with Crippen molar-refractivity contribution in [2.24, 2.45) is 0 Å². The Balaban J connectivity index is 1.52. The quantitative estimate of drug-likeness (QED) is 0.513. The van der Waals surface area contributed by atoms with E-state index in [9.17, 15) is 14.4 Å². The fourth-order valence-corrected chi connectivity index (χ4v) is 5.03. The summed E-state index contributed by atoms with van der Waals surface area (Å²) in [5.41, 5.74) is 1.74. The Hall–Kier alpha value is -3.20. The summed E-state index contributed by atoms with van der Waals surface area (Å²) in [5, 5.41) is 4.92. The summed E-state index contributed by atoms with van der Waals surface area (Å²) in [5.74, 6) is 1.20. The van der Waals surface area contributed by atoms with Gasteiger partial charge in [-0.2, -0.15) is 0 Å². The molecule has 4 amide bonds. The molecule has 0 saturated carbocycles. The van der Waals surface area contributed by atoms with E-state index in [0.29, 0.717) is 35.9 Å². The number of urea groups is 1. The Kier molecular flexibility index (Phi) is 6.01. The molecule has 2 aliphatic heterocycles. The second-order valence-corrected chi connectivity index (χ2v) is 8.99. The molecule has 1 unspecified atom stereocenters. The Labute approximate surface area is 190 Å². The van der Waals surface area contributed by atoms with E-state index in [-0.39, 0.29) is 11.8 Å². The van der Waals surface area contributed by atoms with Crippen LogP contribution in [-0.2, 0) is 17.8 Å². The Morgan fingerprint density at radius 2 is 1.81 bits per heavy atom. The van der Waals surface area contributed by atoms with Crippen molar-refractivity contribution in [2.45, 2.75) is 30.3 Å². The highest BCUT2D eigenvalue weighted by Crippen LogP contribution is 2.34. The average molecular weight is 456 g/mol. The number of carbonyl (C=O) groups is 3. The van der Waals surface area contributed by atoms with Crippen LogP contribution < -0.4 is 20.1 Å². The Morgan fingerprint density at radius 3 is 2.47 bits per heavy atom. The van der Waals surface area contributed by atoms with Crippen LogP contribution in [0.3, 0.4) is 0 Å². The van der Waals surface area contributed by atoms with Crippen LogP contribution in [0.25, 0.3) is 0 Å². The van der Waals surface area contributed by atoms with Gasteiger partial charge in [0.05, 0.1) is 19.8 Å². The van der Waals surface area contributed by atoms with Crippen molar-refractivity contribution in [3.05, 3.63) is 53.1 Å². The van der Waals surface area contributed by atoms with Crippen molar-refractivity contribution in [1.29, 1.82) is 0 Å². The lowest BCUT2D eigenvalue weighted by molar-refractivity contribution is -0.122. The number of imide groups is 1. The molecular weight excluding hydrogens is 430 g/mol. The molecule has 2 N–H and O–H groups in total. The van der Waals surface area contributed by atoms with Gasteiger partial charge in [-0.1, -0.05) is 12.1 Å². The molecule has 0 radical (unpaired) electrons. The number of hydrogen-bond donors (Lipinski definition) is 2. The van der Waals surface area contributed by atoms with Crippen LogP contribution in [0.2, 0.25) is 0 Å². The number of nitrogens with one attached hydrogen (secondary N) is 2. The van der Waals surface area contributed by atoms with Gasteiger partial charge in [-0.3, -0.25) is 14.9 Å². The summed E-state index contributed by atoms with van der Waals surface area (Å²) in [6.45, 7) is 2.74. The van der Waals surface area contributed by atoms with Crippen molar-refractivity contribution in [1.82, 2.24) is 15.5 Å². The van der Waals surface area contributed by atoms with E-state index >= 15 is 0 Å². The maximum absolute atomic E-state index is 13.4. The minimum atomic E-state index is -1.02. The highest BCUT2D eigenvalue weighted by molar-refractivity contribution is 7.99. The summed E-state index contributed by atoms with van der Waals surface area (Å²) < 4.78 is 10.8. The molecule has 8 nitrogen and oxygen atoms in total. The summed E-state index contributed by atoms with van der Waals surface area (Å²) in [4.78, 5) is 39.6. The normalized spacial score (nSPS) is 19.8. The van der Waals surface area contributed by atoms with Crippen molar-refractivity contribution in [3.63, 3.8) is 0 Å². The molecule has 4 rings (SSSR count). The number of amides is 4. The Bertz CT molecular complexity index is 1090. The van der Waals surface area contributed by atoms with Crippen LogP contribution in [0.5, 0.6) is 11.5 Å². The van der Waals surface area contributed by atoms with Gasteiger partial charge in [-0.15, -0.1) is 11.8 Å². The molecule has 32 heavy (non-hydrogen) atoms. The fourth-order valence-electron chi connectivity index (χ4n) is 3.90. The number of fused-ring (bicyclic) bond motifs is 1. The van der Waals surface area contributed by atoms with Gasteiger partial charge in [-0.05, 0) is 48.7 Å². The molecule has 2 aliphatic rings. The van der Waals surface area contributed by atoms with Crippen LogP contribution >= 0.6 is 11.8 Å². The summed E-state index contributed by atoms with van der Waals surface area (Å²) in [6, 6.07) is 10.7. The molecule has 0 aromatic heterocycles. The lowest BCUT2D eigenvalue weighted by atomic mass is 9.98. The number of methoxy groups -OCH3 is 2. The molecule has 0 spiro atoms. The minimum Gasteiger partial charge on any atom is -0.493 e. The maximum Gasteiger partial charge on any atom is 0.322 e. The predicted octanol–water partition coefficient (Wildman–Crippen LogP) is 2.59. The average Bonchev–Trinajstić information content (AvgIpc) is 3.07. The number of benzene rings is 2. The van der Waals surface area contributed by atoms with Crippen LogP contribution in [0.15, 0.2) is 41.3 Å². The lowest BCUT2D eigenvalue weighted by Gasteiger charge is -2.30. The number of hydrogen-bond acceptors (Lipinski definition) is 6. The molecule has 1 atom stereocenters. The second-order valence-electron chi connectivity index (χ2n) is 7.98. The second kappa shape index (κ2) is 8.74. The van der Waals surface area contributed by atoms with Gasteiger partial charge in [0.1, 0.15) is 5.54 Å². The molecule has 0 aliphatic carbocycles. The standard InChI is InChI=1S/C23H25N3O5S/c1-23(21(28)24-22(29)25-23)13-32-19-7-5-4-6-16(19)20(27)26-9-8-14-10-17(30-2)18(31-3)11-15(14)12-26/h4-7,10-11H,8-9,12-13H2,1-3H3,(H2,24,25,28,29). The van der Waals surface area contributed by atoms with Crippen LogP contribution in [0.1, 0.15) is 28.4 Å². The van der Waals surface area contributed by atoms with Gasteiger partial charge in [0, 0.05) is 23.7 Å². The highest BCUT2D eigenvalue weighted by Gasteiger charge is 2.42. The van der Waals surface area contributed by atoms with Crippen LogP contribution in [0, 0.1) is 0 Å². The summed E-state index contributed by atoms with van der Waals surface area (Å²) in [6.07, 6.45) is 0.723. The lowest BCUT2D eigenvalue weighted by Crippen LogP contribution is -2.46. The predicted molar refractivity (Wildman–Crippen MR) is 120 cm³/mol. The molecule has 2 heterocycles. The molecule has 2 aromatic rings. The first-order valence-electron chi connectivity index (χ1n) is 10.2. The van der Waals surface area contributed by atoms with E-state index in [0.717, 1.165) is 22.4 Å². The first kappa shape index (κ1) is 22.0. The van der Waals surface area contributed by atoms with E-state index in [1.165, 1.54) is 11.8 Å². The van der Waals surface area contributed by atoms with Crippen molar-refractivity contribution < 1.29 is 23.9 Å². The zero-order chi connectivity index (χ0) is 22.9. The van der Waals surface area contributed by atoms with Crippen molar-refractivity contribution >= 4 is 29.6 Å². The first-order chi connectivity index (χ1) is 15.3. The van der Waals surface area contributed by atoms with Crippen molar-refractivity contribution in [3.8, 4) is 11.5 Å². The summed E-state index contributed by atoms with van der Waals surface area (Å²) in [7, 11) is 3.20. The SMILES string of the molecule is COc1cc2c(cc1OC)CN(C(=O)c1ccccc1SCC1(C)NC(=O)NC1=O)CC2. The zero-order valence-electron chi connectivity index (χ0n) is 18.2. The molecule has 2 aromatic carbocycles. The van der Waals surface area contributed by atoms with E-state index in [1.807, 2.05) is 35.2 Å². The molecule has 168 valence electrons. The third-order valence-electron chi connectivity index (χ3n) is 5.76. The smallest absolute Gasteiger partial charge is 0.322 e. The zero-order valence-corrected chi connectivity index (χ0v) is 19.0. The molecular formula is C23H25N3O5S. The van der Waals surface area contributed by atoms with Gasteiger partial charge >= 0.3 is 6.03 Å². The van der Waals surface area contributed by atoms with Crippen LogP contribution in [-0.4, -0.2) is 54.8 Å². The first-order valence-corrected chi connectivity index (χ1v) is 11.2. The van der Waals surface area contributed by atoms with Gasteiger partial charge < -0.3 is 19.7 Å². The van der Waals surface area contributed by atoms with Gasteiger partial charge in [0.2, 0.25) is 0 Å². The topological polar surface area (TPSA) is 97.0 Å². The van der Waals surface area contributed by atoms with Gasteiger partial charge in [0.25, 0.3) is 11.8 Å². The minimum absolute atomic E-state index is 0.0707. The van der Waals surface area contributed by atoms with Gasteiger partial charge in [0.15, 0.2) is 11.5 Å². The third kappa shape index (κ3) is 4.12. The van der Waals surface area contributed by atoms with Crippen LogP contribution in [0.4, 0.5) is 4.79 Å². The molecule has 1 fully saturated rings. The third-order valence-corrected chi connectivity index (χ3v) is 7.15. The maximum atomic E-state index is 13.4. The monoisotopic (exact) mass is 455 g/mol. The summed E-state index contributed by atoms with van der Waals surface area (Å²) >= 11 is 1.38. The van der Waals surface area contributed by atoms with Crippen molar-refractivity contribution in [2.75, 3.05) is 26.5 Å². The van der Waals surface area contributed by atoms with E-state index in [2.05, 4.69) is 10.6 Å². The van der Waals surface area contributed by atoms with E-state index in [1.54, 1.807) is 27.2 Å². The molecule has 9 heteroatoms. The molecule has 0 bridgehead atoms. The number of rotatable bonds is 6. The number of ether oxygens (including phenoxy) is 2.